The molecule has 0 atom stereocenters. The maximum absolute atomic E-state index is 6.10. The van der Waals surface area contributed by atoms with Gasteiger partial charge in [-0.2, -0.15) is 4.98 Å². The van der Waals surface area contributed by atoms with Crippen LogP contribution in [0.1, 0.15) is 5.69 Å². The lowest BCUT2D eigenvalue weighted by Crippen LogP contribution is -2.37. The van der Waals surface area contributed by atoms with Crippen molar-refractivity contribution in [3.63, 3.8) is 0 Å². The third kappa shape index (κ3) is 2.82. The third-order valence-electron chi connectivity index (χ3n) is 2.66. The van der Waals surface area contributed by atoms with Crippen molar-refractivity contribution < 1.29 is 14.2 Å². The highest BCUT2D eigenvalue weighted by Crippen LogP contribution is 2.28. The summed E-state index contributed by atoms with van der Waals surface area (Å²) < 4.78 is 15.6. The molecule has 100 valence electrons. The van der Waals surface area contributed by atoms with Gasteiger partial charge in [-0.15, -0.1) is 0 Å². The summed E-state index contributed by atoms with van der Waals surface area (Å²) in [6.45, 7) is 3.20. The molecule has 6 nitrogen and oxygen atoms in total. The predicted octanol–water partition coefficient (Wildman–Crippen LogP) is 1.12. The fourth-order valence-electron chi connectivity index (χ4n) is 1.80. The van der Waals surface area contributed by atoms with Crippen molar-refractivity contribution in [1.29, 1.82) is 0 Å². The Morgan fingerprint density at radius 3 is 2.61 bits per heavy atom. The molecule has 7 heteroatoms. The van der Waals surface area contributed by atoms with Gasteiger partial charge in [-0.1, -0.05) is 11.6 Å². The van der Waals surface area contributed by atoms with E-state index < -0.39 is 0 Å². The number of rotatable bonds is 4. The maximum atomic E-state index is 6.10. The molecule has 2 heterocycles. The summed E-state index contributed by atoms with van der Waals surface area (Å²) >= 11 is 6.10. The minimum absolute atomic E-state index is 0.307. The number of methoxy groups -OCH3 is 2. The van der Waals surface area contributed by atoms with Crippen LogP contribution in [-0.4, -0.2) is 50.5 Å². The van der Waals surface area contributed by atoms with Gasteiger partial charge < -0.3 is 19.1 Å². The first-order valence-electron chi connectivity index (χ1n) is 5.68. The van der Waals surface area contributed by atoms with E-state index in [0.717, 1.165) is 13.1 Å². The van der Waals surface area contributed by atoms with E-state index in [0.29, 0.717) is 42.4 Å². The smallest absolute Gasteiger partial charge is 0.227 e. The molecule has 0 spiro atoms. The Labute approximate surface area is 111 Å². The molecule has 0 unspecified atom stereocenters. The van der Waals surface area contributed by atoms with Crippen LogP contribution in [-0.2, 0) is 16.1 Å². The summed E-state index contributed by atoms with van der Waals surface area (Å²) in [5.41, 5.74) is 0.654. The lowest BCUT2D eigenvalue weighted by atomic mass is 10.4. The molecule has 0 aromatic carbocycles. The molecule has 1 aromatic rings. The minimum Gasteiger partial charge on any atom is -0.492 e. The Kier molecular flexibility index (Phi) is 4.57. The highest BCUT2D eigenvalue weighted by molar-refractivity contribution is 6.31. The largest absolute Gasteiger partial charge is 0.492 e. The predicted molar refractivity (Wildman–Crippen MR) is 67.3 cm³/mol. The average Bonchev–Trinajstić information content (AvgIpc) is 2.40. The van der Waals surface area contributed by atoms with Gasteiger partial charge in [0.25, 0.3) is 0 Å². The zero-order valence-electron chi connectivity index (χ0n) is 10.5. The molecule has 18 heavy (non-hydrogen) atoms. The second-order valence-electron chi connectivity index (χ2n) is 3.83. The first kappa shape index (κ1) is 13.3. The first-order chi connectivity index (χ1) is 8.76. The van der Waals surface area contributed by atoms with Crippen molar-refractivity contribution in [2.45, 2.75) is 6.61 Å². The molecule has 1 aromatic heterocycles. The molecule has 0 bridgehead atoms. The number of ether oxygens (including phenoxy) is 3. The number of nitrogens with zero attached hydrogens (tertiary/aromatic N) is 3. The molecular weight excluding hydrogens is 258 g/mol. The number of hydrogen-bond acceptors (Lipinski definition) is 6. The van der Waals surface area contributed by atoms with E-state index >= 15 is 0 Å². The number of hydrogen-bond donors (Lipinski definition) is 0. The van der Waals surface area contributed by atoms with Gasteiger partial charge in [0.1, 0.15) is 5.69 Å². The van der Waals surface area contributed by atoms with E-state index in [1.165, 1.54) is 7.11 Å². The molecule has 1 aliphatic rings. The fraction of sp³-hybridized carbons (Fsp3) is 0.636. The summed E-state index contributed by atoms with van der Waals surface area (Å²) in [7, 11) is 3.14. The van der Waals surface area contributed by atoms with Gasteiger partial charge in [0.05, 0.1) is 26.9 Å². The van der Waals surface area contributed by atoms with E-state index in [1.807, 2.05) is 4.90 Å². The van der Waals surface area contributed by atoms with Gasteiger partial charge in [-0.05, 0) is 0 Å². The topological polar surface area (TPSA) is 56.7 Å². The number of aromatic nitrogens is 2. The molecule has 0 radical (unpaired) electrons. The Hall–Kier alpha value is -1.11. The second kappa shape index (κ2) is 6.17. The van der Waals surface area contributed by atoms with E-state index in [-0.39, 0.29) is 0 Å². The molecule has 1 fully saturated rings. The van der Waals surface area contributed by atoms with Gasteiger partial charge in [0, 0.05) is 20.2 Å². The van der Waals surface area contributed by atoms with Crippen LogP contribution < -0.4 is 9.64 Å². The fourth-order valence-corrected chi connectivity index (χ4v) is 2.06. The van der Waals surface area contributed by atoms with Crippen LogP contribution in [0, 0.1) is 0 Å². The molecular formula is C11H16ClN3O3. The normalized spacial score (nSPS) is 15.8. The van der Waals surface area contributed by atoms with Crippen LogP contribution in [0.3, 0.4) is 0 Å². The Bertz CT molecular complexity index is 411. The summed E-state index contributed by atoms with van der Waals surface area (Å²) in [5, 5.41) is 0.307. The highest BCUT2D eigenvalue weighted by atomic mass is 35.5. The number of anilines is 1. The summed E-state index contributed by atoms with van der Waals surface area (Å²) in [6, 6.07) is 0. The summed E-state index contributed by atoms with van der Waals surface area (Å²) in [6.07, 6.45) is 0. The summed E-state index contributed by atoms with van der Waals surface area (Å²) in [5.74, 6) is 1.06. The van der Waals surface area contributed by atoms with E-state index in [4.69, 9.17) is 25.8 Å². The molecule has 0 N–H and O–H groups in total. The average molecular weight is 274 g/mol. The lowest BCUT2D eigenvalue weighted by Gasteiger charge is -2.27. The van der Waals surface area contributed by atoms with Gasteiger partial charge >= 0.3 is 0 Å². The zero-order chi connectivity index (χ0) is 13.0. The van der Waals surface area contributed by atoms with Crippen LogP contribution in [0.25, 0.3) is 0 Å². The molecule has 1 saturated heterocycles. The maximum Gasteiger partial charge on any atom is 0.227 e. The van der Waals surface area contributed by atoms with Crippen molar-refractivity contribution in [1.82, 2.24) is 9.97 Å². The van der Waals surface area contributed by atoms with E-state index in [2.05, 4.69) is 9.97 Å². The van der Waals surface area contributed by atoms with Crippen LogP contribution in [0.2, 0.25) is 5.15 Å². The SMILES string of the molecule is COCc1nc(N2CCOCC2)nc(Cl)c1OC. The molecule has 2 rings (SSSR count). The van der Waals surface area contributed by atoms with Gasteiger partial charge in [0.2, 0.25) is 5.95 Å². The quantitative estimate of drug-likeness (QED) is 0.767. The second-order valence-corrected chi connectivity index (χ2v) is 4.18. The van der Waals surface area contributed by atoms with Gasteiger partial charge in [0.15, 0.2) is 10.9 Å². The van der Waals surface area contributed by atoms with E-state index in [9.17, 15) is 0 Å². The van der Waals surface area contributed by atoms with Crippen molar-refractivity contribution >= 4 is 17.5 Å². The van der Waals surface area contributed by atoms with Crippen molar-refractivity contribution in [2.75, 3.05) is 45.4 Å². The highest BCUT2D eigenvalue weighted by Gasteiger charge is 2.19. The monoisotopic (exact) mass is 273 g/mol. The first-order valence-corrected chi connectivity index (χ1v) is 6.06. The summed E-state index contributed by atoms with van der Waals surface area (Å²) in [4.78, 5) is 10.7. The van der Waals surface area contributed by atoms with Crippen molar-refractivity contribution in [3.8, 4) is 5.75 Å². The van der Waals surface area contributed by atoms with Crippen LogP contribution in [0.15, 0.2) is 0 Å². The lowest BCUT2D eigenvalue weighted by molar-refractivity contribution is 0.122. The van der Waals surface area contributed by atoms with Gasteiger partial charge in [-0.3, -0.25) is 0 Å². The molecule has 1 aliphatic heterocycles. The standard InChI is InChI=1S/C11H16ClN3O3/c1-16-7-8-9(17-2)10(12)14-11(13-8)15-3-5-18-6-4-15/h3-7H2,1-2H3. The van der Waals surface area contributed by atoms with Crippen LogP contribution in [0.4, 0.5) is 5.95 Å². The Morgan fingerprint density at radius 1 is 1.28 bits per heavy atom. The molecule has 0 aliphatic carbocycles. The molecule has 0 saturated carbocycles. The third-order valence-corrected chi connectivity index (χ3v) is 2.92. The molecule has 0 amide bonds. The van der Waals surface area contributed by atoms with Gasteiger partial charge in [-0.25, -0.2) is 4.98 Å². The zero-order valence-corrected chi connectivity index (χ0v) is 11.2. The Morgan fingerprint density at radius 2 is 2.00 bits per heavy atom. The number of morpholine rings is 1. The van der Waals surface area contributed by atoms with Crippen LogP contribution >= 0.6 is 11.6 Å². The minimum atomic E-state index is 0.307. The van der Waals surface area contributed by atoms with Crippen molar-refractivity contribution in [3.05, 3.63) is 10.8 Å². The Balaban J connectivity index is 2.30. The van der Waals surface area contributed by atoms with Crippen LogP contribution in [0.5, 0.6) is 5.75 Å². The van der Waals surface area contributed by atoms with Crippen molar-refractivity contribution in [2.24, 2.45) is 0 Å². The number of halogens is 1. The van der Waals surface area contributed by atoms with E-state index in [1.54, 1.807) is 7.11 Å².